The molecule has 0 atom stereocenters. The number of para-hydroxylation sites is 3. The molecule has 0 aliphatic carbocycles. The van der Waals surface area contributed by atoms with Gasteiger partial charge in [-0.25, -0.2) is 0 Å². The zero-order chi connectivity index (χ0) is 46.1. The van der Waals surface area contributed by atoms with Gasteiger partial charge >= 0.3 is 0 Å². The molecule has 328 valence electrons. The fourth-order valence-electron chi connectivity index (χ4n) is 10.7. The first kappa shape index (κ1) is 40.1. The van der Waals surface area contributed by atoms with Crippen LogP contribution in [0.4, 0.5) is 17.1 Å². The van der Waals surface area contributed by atoms with Crippen LogP contribution in [-0.4, -0.2) is 4.57 Å². The molecule has 11 aromatic carbocycles. The first-order valence-electron chi connectivity index (χ1n) is 23.8. The van der Waals surface area contributed by atoms with E-state index >= 15 is 0 Å². The van der Waals surface area contributed by atoms with Crippen LogP contribution in [0.25, 0.3) is 103 Å². The lowest BCUT2D eigenvalue weighted by atomic mass is 9.91. The molecule has 0 saturated heterocycles. The monoisotopic (exact) mass is 910 g/mol. The number of nitrogens with zero attached hydrogens (tertiary/aromatic N) is 2. The van der Waals surface area contributed by atoms with Crippen molar-refractivity contribution in [1.82, 2.24) is 4.57 Å². The van der Waals surface area contributed by atoms with Crippen molar-refractivity contribution in [2.24, 2.45) is 0 Å². The summed E-state index contributed by atoms with van der Waals surface area (Å²) in [6.07, 6.45) is 0. The second-order valence-corrected chi connectivity index (χ2v) is 19.1. The zero-order valence-electron chi connectivity index (χ0n) is 38.0. The molecule has 0 bridgehead atoms. The van der Waals surface area contributed by atoms with Crippen molar-refractivity contribution in [3.63, 3.8) is 0 Å². The quantitative estimate of drug-likeness (QED) is 0.151. The third-order valence-electron chi connectivity index (χ3n) is 14.0. The number of hydrogen-bond donors (Lipinski definition) is 0. The van der Waals surface area contributed by atoms with Gasteiger partial charge in [0, 0.05) is 48.0 Å². The van der Waals surface area contributed by atoms with Crippen LogP contribution in [0, 0.1) is 0 Å². The number of aromatic nitrogens is 1. The van der Waals surface area contributed by atoms with Gasteiger partial charge in [0.15, 0.2) is 11.5 Å². The molecule has 14 rings (SSSR count). The van der Waals surface area contributed by atoms with Crippen LogP contribution < -0.4 is 9.64 Å². The van der Waals surface area contributed by atoms with Gasteiger partial charge in [-0.2, -0.15) is 0 Å². The maximum absolute atomic E-state index is 6.40. The molecule has 0 spiro atoms. The number of benzene rings is 11. The zero-order valence-corrected chi connectivity index (χ0v) is 38.8. The fraction of sp³-hybridized carbons (Fsp3) is 0. The second kappa shape index (κ2) is 16.4. The minimum absolute atomic E-state index is 0.872. The summed E-state index contributed by atoms with van der Waals surface area (Å²) >= 11 is 1.87. The Kier molecular flexibility index (Phi) is 9.39. The third kappa shape index (κ3) is 6.64. The summed E-state index contributed by atoms with van der Waals surface area (Å²) in [6.45, 7) is 0. The summed E-state index contributed by atoms with van der Waals surface area (Å²) in [6, 6.07) is 92.4. The first-order chi connectivity index (χ1) is 34.7. The molecule has 3 nitrogen and oxygen atoms in total. The summed E-state index contributed by atoms with van der Waals surface area (Å²) in [5.74, 6) is 1.76. The predicted octanol–water partition coefficient (Wildman–Crippen LogP) is 19.1. The van der Waals surface area contributed by atoms with E-state index < -0.39 is 0 Å². The molecule has 4 heteroatoms. The molecule has 1 aliphatic rings. The van der Waals surface area contributed by atoms with E-state index in [1.165, 1.54) is 81.0 Å². The average Bonchev–Trinajstić information content (AvgIpc) is 3.99. The number of fused-ring (bicyclic) bond motifs is 8. The van der Waals surface area contributed by atoms with Crippen molar-refractivity contribution in [2.45, 2.75) is 0 Å². The Labute approximate surface area is 410 Å². The highest BCUT2D eigenvalue weighted by Crippen LogP contribution is 2.47. The number of hydrogen-bond acceptors (Lipinski definition) is 3. The van der Waals surface area contributed by atoms with Crippen LogP contribution in [0.5, 0.6) is 11.5 Å². The normalized spacial score (nSPS) is 11.8. The second-order valence-electron chi connectivity index (χ2n) is 18.0. The number of rotatable bonds is 8. The molecule has 0 N–H and O–H groups in total. The van der Waals surface area contributed by atoms with E-state index in [0.29, 0.717) is 0 Å². The molecule has 0 fully saturated rings. The highest BCUT2D eigenvalue weighted by Gasteiger charge is 2.24. The van der Waals surface area contributed by atoms with Crippen LogP contribution in [0.1, 0.15) is 0 Å². The molecular formula is C66H42N2OS. The smallest absolute Gasteiger partial charge is 0.152 e. The molecule has 0 unspecified atom stereocenters. The summed E-state index contributed by atoms with van der Waals surface area (Å²) in [7, 11) is 0. The average molecular weight is 911 g/mol. The molecule has 70 heavy (non-hydrogen) atoms. The SMILES string of the molecule is c1ccc(-c2ccc(-c3ccc(N(c4ccc(-c5ccc6c(c5)c5cccc7c5n6-c5ccccc5O7)cc4)c4ccc(-c5cccc6c5sc5ccccc56)cc4)cc3)cc2-c2ccccc2)cc1. The largest absolute Gasteiger partial charge is 0.453 e. The van der Waals surface area contributed by atoms with E-state index in [9.17, 15) is 0 Å². The number of anilines is 3. The van der Waals surface area contributed by atoms with Gasteiger partial charge in [-0.1, -0.05) is 176 Å². The lowest BCUT2D eigenvalue weighted by Crippen LogP contribution is -2.09. The Morgan fingerprint density at radius 1 is 0.329 bits per heavy atom. The van der Waals surface area contributed by atoms with Crippen LogP contribution in [-0.2, 0) is 0 Å². The molecule has 0 amide bonds. The molecular weight excluding hydrogens is 869 g/mol. The van der Waals surface area contributed by atoms with Crippen LogP contribution in [0.2, 0.25) is 0 Å². The number of ether oxygens (including phenoxy) is 1. The topological polar surface area (TPSA) is 17.4 Å². The fourth-order valence-corrected chi connectivity index (χ4v) is 11.9. The molecule has 2 aromatic heterocycles. The first-order valence-corrected chi connectivity index (χ1v) is 24.6. The molecule has 13 aromatic rings. The van der Waals surface area contributed by atoms with Crippen LogP contribution in [0.15, 0.2) is 255 Å². The maximum atomic E-state index is 6.40. The van der Waals surface area contributed by atoms with E-state index in [2.05, 4.69) is 252 Å². The van der Waals surface area contributed by atoms with Gasteiger partial charge in [-0.15, -0.1) is 11.3 Å². The van der Waals surface area contributed by atoms with E-state index in [1.54, 1.807) is 0 Å². The van der Waals surface area contributed by atoms with Crippen molar-refractivity contribution in [3.05, 3.63) is 255 Å². The molecule has 0 radical (unpaired) electrons. The van der Waals surface area contributed by atoms with Gasteiger partial charge in [0.25, 0.3) is 0 Å². The minimum atomic E-state index is 0.872. The Bertz CT molecular complexity index is 4120. The summed E-state index contributed by atoms with van der Waals surface area (Å²) in [4.78, 5) is 2.37. The van der Waals surface area contributed by atoms with Crippen molar-refractivity contribution < 1.29 is 4.74 Å². The summed E-state index contributed by atoms with van der Waals surface area (Å²) < 4.78 is 11.4. The van der Waals surface area contributed by atoms with Crippen LogP contribution in [0.3, 0.4) is 0 Å². The third-order valence-corrected chi connectivity index (χ3v) is 15.2. The maximum Gasteiger partial charge on any atom is 0.152 e. The molecule has 3 heterocycles. The minimum Gasteiger partial charge on any atom is -0.453 e. The highest BCUT2D eigenvalue weighted by molar-refractivity contribution is 7.26. The van der Waals surface area contributed by atoms with Crippen LogP contribution >= 0.6 is 11.3 Å². The predicted molar refractivity (Wildman–Crippen MR) is 296 cm³/mol. The Balaban J connectivity index is 0.851. The van der Waals surface area contributed by atoms with Gasteiger partial charge in [-0.3, -0.25) is 0 Å². The van der Waals surface area contributed by atoms with Crippen molar-refractivity contribution in [3.8, 4) is 72.8 Å². The summed E-state index contributed by atoms with van der Waals surface area (Å²) in [5.41, 5.74) is 18.6. The molecule has 1 aliphatic heterocycles. The molecule has 0 saturated carbocycles. The van der Waals surface area contributed by atoms with Gasteiger partial charge in [0.1, 0.15) is 0 Å². The lowest BCUT2D eigenvalue weighted by Gasteiger charge is -2.26. The number of thiophene rings is 1. The van der Waals surface area contributed by atoms with E-state index in [-0.39, 0.29) is 0 Å². The Hall–Kier alpha value is -8.96. The Morgan fingerprint density at radius 3 is 1.59 bits per heavy atom. The summed E-state index contributed by atoms with van der Waals surface area (Å²) in [5, 5.41) is 5.01. The lowest BCUT2D eigenvalue weighted by molar-refractivity contribution is 0.476. The van der Waals surface area contributed by atoms with Crippen molar-refractivity contribution >= 4 is 70.4 Å². The standard InChI is InChI=1S/C66H42N2OS/c1-3-13-45(14-4-1)53-39-31-48(41-58(53)46-15-5-2-6-16-46)43-25-33-50(34-26-43)67(52-37-29-47(30-38-52)54-18-11-20-57-55-17-7-10-24-64(55)70-66(54)57)51-35-27-44(28-36-51)49-32-40-60-59(42-49)56-19-12-23-63-65(56)68(60)61-21-8-9-22-62(61)69-63/h1-42H. The Morgan fingerprint density at radius 2 is 0.857 bits per heavy atom. The van der Waals surface area contributed by atoms with Gasteiger partial charge in [0.05, 0.1) is 16.7 Å². The highest BCUT2D eigenvalue weighted by atomic mass is 32.1. The van der Waals surface area contributed by atoms with Gasteiger partial charge in [0.2, 0.25) is 0 Å². The van der Waals surface area contributed by atoms with Crippen molar-refractivity contribution in [2.75, 3.05) is 4.90 Å². The van der Waals surface area contributed by atoms with Crippen molar-refractivity contribution in [1.29, 1.82) is 0 Å². The van der Waals surface area contributed by atoms with E-state index in [4.69, 9.17) is 4.74 Å². The van der Waals surface area contributed by atoms with E-state index in [0.717, 1.165) is 50.9 Å². The van der Waals surface area contributed by atoms with Gasteiger partial charge < -0.3 is 14.2 Å². The van der Waals surface area contributed by atoms with E-state index in [1.807, 2.05) is 23.5 Å². The van der Waals surface area contributed by atoms with Gasteiger partial charge in [-0.05, 0) is 134 Å².